The Kier molecular flexibility index (Phi) is 16.8. The fourth-order valence-electron chi connectivity index (χ4n) is 6.36. The predicted molar refractivity (Wildman–Crippen MR) is 212 cm³/mol. The van der Waals surface area contributed by atoms with Gasteiger partial charge in [-0.2, -0.15) is 0 Å². The van der Waals surface area contributed by atoms with Crippen molar-refractivity contribution in [3.8, 4) is 0 Å². The molecule has 2 atom stereocenters. The number of anilines is 1. The Bertz CT molecular complexity index is 1620. The molecule has 57 heavy (non-hydrogen) atoms. The highest BCUT2D eigenvalue weighted by atomic mass is 16.6. The summed E-state index contributed by atoms with van der Waals surface area (Å²) in [6, 6.07) is 5.91. The topological polar surface area (TPSA) is 178 Å². The van der Waals surface area contributed by atoms with E-state index < -0.39 is 58.4 Å². The van der Waals surface area contributed by atoms with Crippen LogP contribution in [0.1, 0.15) is 112 Å². The molecule has 1 aromatic rings. The van der Waals surface area contributed by atoms with E-state index in [9.17, 15) is 33.6 Å². The molecular weight excluding hydrogens is 736 g/mol. The summed E-state index contributed by atoms with van der Waals surface area (Å²) < 4.78 is 22.1. The Balaban J connectivity index is 1.75. The van der Waals surface area contributed by atoms with Crippen LogP contribution in [0.4, 0.5) is 10.5 Å². The fourth-order valence-corrected chi connectivity index (χ4v) is 6.36. The minimum atomic E-state index is -1.35. The number of rotatable bonds is 16. The molecule has 0 radical (unpaired) electrons. The lowest BCUT2D eigenvalue weighted by Crippen LogP contribution is -2.53. The van der Waals surface area contributed by atoms with Gasteiger partial charge >= 0.3 is 24.0 Å². The Morgan fingerprint density at radius 2 is 1.54 bits per heavy atom. The SMILES string of the molecule is C=CC(=O)OCC(C)(C)C(=O)C(=O)N1CCCCC1C(=O)OC(CCCN1CCN(C(=O)OC(C)(C)C)CC1)c1cccc(NC(=O)CCC(=O)OC(C)(C)C)c1. The van der Waals surface area contributed by atoms with Gasteiger partial charge in [-0.25, -0.2) is 14.4 Å². The summed E-state index contributed by atoms with van der Waals surface area (Å²) >= 11 is 0. The predicted octanol–water partition coefficient (Wildman–Crippen LogP) is 5.37. The van der Waals surface area contributed by atoms with Crippen molar-refractivity contribution in [2.24, 2.45) is 5.41 Å². The zero-order chi connectivity index (χ0) is 42.6. The number of likely N-dealkylation sites (tertiary alicyclic amines) is 1. The standard InChI is InChI=1S/C42H62N4O11/c1-10-34(48)54-28-42(8,9)36(50)37(51)46-22-12-11-17-31(46)38(52)55-32(18-14-21-44-23-25-45(26-24-44)39(53)57-41(5,6)7)29-15-13-16-30(27-29)43-33(47)19-20-35(49)56-40(2,3)4/h10,13,15-16,27,31-32H,1,11-12,14,17-26,28H2,2-9H3,(H,43,47). The summed E-state index contributed by atoms with van der Waals surface area (Å²) in [5.41, 5.74) is -1.55. The van der Waals surface area contributed by atoms with E-state index in [2.05, 4.69) is 16.8 Å². The first-order valence-electron chi connectivity index (χ1n) is 19.8. The van der Waals surface area contributed by atoms with Crippen LogP contribution < -0.4 is 5.32 Å². The minimum Gasteiger partial charge on any atom is -0.461 e. The number of piperazine rings is 1. The molecular formula is C42H62N4O11. The van der Waals surface area contributed by atoms with Gasteiger partial charge in [-0.05, 0) is 112 Å². The number of esters is 3. The largest absolute Gasteiger partial charge is 0.461 e. The smallest absolute Gasteiger partial charge is 0.410 e. The Morgan fingerprint density at radius 1 is 0.877 bits per heavy atom. The van der Waals surface area contributed by atoms with E-state index in [1.807, 2.05) is 20.8 Å². The molecule has 0 saturated carbocycles. The molecule has 0 aliphatic carbocycles. The highest BCUT2D eigenvalue weighted by Gasteiger charge is 2.42. The number of hydrogen-bond donors (Lipinski definition) is 1. The highest BCUT2D eigenvalue weighted by Crippen LogP contribution is 2.30. The first kappa shape index (κ1) is 46.6. The molecule has 15 heteroatoms. The molecule has 2 fully saturated rings. The van der Waals surface area contributed by atoms with Crippen molar-refractivity contribution < 1.29 is 52.5 Å². The maximum absolute atomic E-state index is 14.0. The van der Waals surface area contributed by atoms with Crippen LogP contribution in [0.25, 0.3) is 0 Å². The molecule has 3 rings (SSSR count). The van der Waals surface area contributed by atoms with Crippen LogP contribution in [-0.2, 0) is 47.7 Å². The molecule has 0 bridgehead atoms. The van der Waals surface area contributed by atoms with E-state index in [0.717, 1.165) is 6.08 Å². The number of piperidine rings is 1. The van der Waals surface area contributed by atoms with Gasteiger partial charge in [0.2, 0.25) is 11.7 Å². The number of amides is 3. The molecule has 2 saturated heterocycles. The second-order valence-corrected chi connectivity index (χ2v) is 17.2. The molecule has 2 heterocycles. The van der Waals surface area contributed by atoms with Crippen molar-refractivity contribution in [1.29, 1.82) is 0 Å². The van der Waals surface area contributed by atoms with Crippen molar-refractivity contribution >= 4 is 47.3 Å². The van der Waals surface area contributed by atoms with E-state index >= 15 is 0 Å². The first-order chi connectivity index (χ1) is 26.6. The molecule has 15 nitrogen and oxygen atoms in total. The summed E-state index contributed by atoms with van der Waals surface area (Å²) in [5, 5.41) is 2.81. The van der Waals surface area contributed by atoms with Crippen LogP contribution in [0.5, 0.6) is 0 Å². The Morgan fingerprint density at radius 3 is 2.18 bits per heavy atom. The summed E-state index contributed by atoms with van der Waals surface area (Å²) in [6.07, 6.45) is 2.21. The van der Waals surface area contributed by atoms with E-state index in [1.165, 1.54) is 18.7 Å². The van der Waals surface area contributed by atoms with Crippen molar-refractivity contribution in [2.75, 3.05) is 51.2 Å². The number of Topliss-reactive ketones (excluding diaryl/α,β-unsaturated/α-hetero) is 1. The van der Waals surface area contributed by atoms with E-state index in [-0.39, 0.29) is 38.0 Å². The third-order valence-corrected chi connectivity index (χ3v) is 9.33. The van der Waals surface area contributed by atoms with Crippen LogP contribution in [0.2, 0.25) is 0 Å². The Labute approximate surface area is 336 Å². The van der Waals surface area contributed by atoms with Crippen molar-refractivity contribution in [1.82, 2.24) is 14.7 Å². The van der Waals surface area contributed by atoms with E-state index in [4.69, 9.17) is 18.9 Å². The molecule has 0 aromatic heterocycles. The van der Waals surface area contributed by atoms with Gasteiger partial charge in [-0.1, -0.05) is 18.7 Å². The number of benzene rings is 1. The van der Waals surface area contributed by atoms with Crippen LogP contribution in [0, 0.1) is 5.41 Å². The van der Waals surface area contributed by atoms with Crippen LogP contribution in [0.15, 0.2) is 36.9 Å². The molecule has 1 aromatic carbocycles. The van der Waals surface area contributed by atoms with Crippen molar-refractivity contribution in [3.63, 3.8) is 0 Å². The quantitative estimate of drug-likeness (QED) is 0.0981. The maximum Gasteiger partial charge on any atom is 0.410 e. The number of carbonyl (C=O) groups excluding carboxylic acids is 7. The van der Waals surface area contributed by atoms with Gasteiger partial charge in [0, 0.05) is 50.9 Å². The average molecular weight is 799 g/mol. The summed E-state index contributed by atoms with van der Waals surface area (Å²) in [5.74, 6) is -3.90. The normalized spacial score (nSPS) is 17.2. The second-order valence-electron chi connectivity index (χ2n) is 17.2. The summed E-state index contributed by atoms with van der Waals surface area (Å²) in [7, 11) is 0. The lowest BCUT2D eigenvalue weighted by Gasteiger charge is -2.36. The van der Waals surface area contributed by atoms with Crippen LogP contribution in [0.3, 0.4) is 0 Å². The number of nitrogens with one attached hydrogen (secondary N) is 1. The van der Waals surface area contributed by atoms with Crippen molar-refractivity contribution in [3.05, 3.63) is 42.5 Å². The molecule has 2 aliphatic heterocycles. The third-order valence-electron chi connectivity index (χ3n) is 9.33. The highest BCUT2D eigenvalue weighted by molar-refractivity contribution is 6.38. The van der Waals surface area contributed by atoms with E-state index in [0.29, 0.717) is 76.1 Å². The number of hydrogen-bond acceptors (Lipinski definition) is 12. The molecule has 3 amide bonds. The number of carbonyl (C=O) groups is 7. The van der Waals surface area contributed by atoms with Crippen LogP contribution >= 0.6 is 0 Å². The van der Waals surface area contributed by atoms with Gasteiger partial charge < -0.3 is 34.1 Å². The summed E-state index contributed by atoms with van der Waals surface area (Å²) in [4.78, 5) is 95.4. The lowest BCUT2D eigenvalue weighted by molar-refractivity contribution is -0.165. The first-order valence-corrected chi connectivity index (χ1v) is 19.8. The van der Waals surface area contributed by atoms with E-state index in [1.54, 1.807) is 49.9 Å². The van der Waals surface area contributed by atoms with Gasteiger partial charge in [0.1, 0.15) is 30.0 Å². The fraction of sp³-hybridized carbons (Fsp3) is 0.643. The van der Waals surface area contributed by atoms with Gasteiger partial charge in [-0.3, -0.25) is 24.1 Å². The minimum absolute atomic E-state index is 0.0868. The third kappa shape index (κ3) is 15.6. The molecule has 0 spiro atoms. The zero-order valence-electron chi connectivity index (χ0n) is 35.0. The Hall–Kier alpha value is -4.79. The number of nitrogens with zero attached hydrogens (tertiary/aromatic N) is 3. The molecule has 2 unspecified atom stereocenters. The maximum atomic E-state index is 14.0. The molecule has 316 valence electrons. The van der Waals surface area contributed by atoms with Gasteiger partial charge in [0.25, 0.3) is 5.91 Å². The van der Waals surface area contributed by atoms with Crippen LogP contribution in [-0.4, -0.2) is 119 Å². The molecule has 1 N–H and O–H groups in total. The van der Waals surface area contributed by atoms with Gasteiger partial charge in [0.15, 0.2) is 0 Å². The number of ketones is 1. The molecule has 2 aliphatic rings. The zero-order valence-corrected chi connectivity index (χ0v) is 35.0. The second kappa shape index (κ2) is 20.6. The monoisotopic (exact) mass is 798 g/mol. The van der Waals surface area contributed by atoms with Gasteiger partial charge in [0.05, 0.1) is 11.8 Å². The summed E-state index contributed by atoms with van der Waals surface area (Å²) in [6.45, 7) is 19.9. The lowest BCUT2D eigenvalue weighted by atomic mass is 9.87. The number of ether oxygens (including phenoxy) is 4. The average Bonchev–Trinajstić information content (AvgIpc) is 3.14. The van der Waals surface area contributed by atoms with Gasteiger partial charge in [-0.15, -0.1) is 0 Å². The van der Waals surface area contributed by atoms with Crippen molar-refractivity contribution in [2.45, 2.75) is 124 Å².